The molecule has 1 aromatic heterocycles. The van der Waals surface area contributed by atoms with E-state index in [1.165, 1.54) is 0 Å². The molecule has 0 saturated heterocycles. The lowest BCUT2D eigenvalue weighted by molar-refractivity contribution is 0.0735. The predicted molar refractivity (Wildman–Crippen MR) is 92.4 cm³/mol. The molecule has 0 aliphatic carbocycles. The second kappa shape index (κ2) is 6.68. The molecule has 0 fully saturated rings. The Morgan fingerprint density at radius 1 is 1.00 bits per heavy atom. The summed E-state index contributed by atoms with van der Waals surface area (Å²) in [7, 11) is 0. The molecule has 0 spiro atoms. The third kappa shape index (κ3) is 3.38. The van der Waals surface area contributed by atoms with Crippen molar-refractivity contribution in [3.8, 4) is 23.1 Å². The molecule has 122 valence electrons. The number of benzene rings is 2. The highest BCUT2D eigenvalue weighted by Gasteiger charge is 2.14. The van der Waals surface area contributed by atoms with Crippen LogP contribution < -0.4 is 16.2 Å². The van der Waals surface area contributed by atoms with Gasteiger partial charge in [-0.25, -0.2) is 9.78 Å². The molecule has 1 heterocycles. The zero-order valence-electron chi connectivity index (χ0n) is 13.0. The molecule has 2 aromatic carbocycles. The lowest BCUT2D eigenvalue weighted by atomic mass is 10.1. The molecule has 0 bridgehead atoms. The van der Waals surface area contributed by atoms with Gasteiger partial charge < -0.3 is 16.2 Å². The van der Waals surface area contributed by atoms with Crippen LogP contribution in [0.5, 0.6) is 5.75 Å². The third-order valence-corrected chi connectivity index (χ3v) is 3.41. The first kappa shape index (κ1) is 16.0. The summed E-state index contributed by atoms with van der Waals surface area (Å²) in [6.45, 7) is 0. The zero-order chi connectivity index (χ0) is 17.8. The van der Waals surface area contributed by atoms with Crippen LogP contribution in [0.3, 0.4) is 0 Å². The van der Waals surface area contributed by atoms with Gasteiger partial charge in [0.05, 0.1) is 11.3 Å². The summed E-state index contributed by atoms with van der Waals surface area (Å²) in [4.78, 5) is 19.9. The Morgan fingerprint density at radius 3 is 2.32 bits per heavy atom. The maximum Gasteiger partial charge on any atom is 0.343 e. The molecule has 0 saturated carbocycles. The van der Waals surface area contributed by atoms with E-state index in [1.807, 2.05) is 12.1 Å². The van der Waals surface area contributed by atoms with Gasteiger partial charge in [0.1, 0.15) is 23.2 Å². The second-order valence-corrected chi connectivity index (χ2v) is 5.08. The first-order chi connectivity index (χ1) is 12.1. The van der Waals surface area contributed by atoms with E-state index in [4.69, 9.17) is 16.2 Å². The number of nitrogen functional groups attached to an aromatic ring is 2. The number of hydrogen-bond acceptors (Lipinski definition) is 7. The Hall–Kier alpha value is -3.92. The Morgan fingerprint density at radius 2 is 1.68 bits per heavy atom. The first-order valence-electron chi connectivity index (χ1n) is 7.29. The summed E-state index contributed by atoms with van der Waals surface area (Å²) in [6.07, 6.45) is 0. The monoisotopic (exact) mass is 331 g/mol. The van der Waals surface area contributed by atoms with E-state index >= 15 is 0 Å². The maximum atomic E-state index is 12.0. The number of nitriles is 1. The van der Waals surface area contributed by atoms with Gasteiger partial charge in [0.2, 0.25) is 5.95 Å². The minimum Gasteiger partial charge on any atom is -0.423 e. The third-order valence-electron chi connectivity index (χ3n) is 3.41. The van der Waals surface area contributed by atoms with Gasteiger partial charge in [-0.2, -0.15) is 10.2 Å². The van der Waals surface area contributed by atoms with Crippen LogP contribution in [0, 0.1) is 11.3 Å². The fourth-order valence-electron chi connectivity index (χ4n) is 2.24. The van der Waals surface area contributed by atoms with Gasteiger partial charge in [0.15, 0.2) is 0 Å². The molecule has 0 aliphatic rings. The molecule has 0 amide bonds. The molecule has 7 nitrogen and oxygen atoms in total. The summed E-state index contributed by atoms with van der Waals surface area (Å²) in [5.41, 5.74) is 12.8. The number of ether oxygens (including phenoxy) is 1. The number of nitrogens with two attached hydrogens (primary N) is 2. The largest absolute Gasteiger partial charge is 0.423 e. The Bertz CT molecular complexity index is 963. The number of anilines is 2. The summed E-state index contributed by atoms with van der Waals surface area (Å²) in [6, 6.07) is 17.2. The standard InChI is InChI=1S/C18H13N5O2/c19-10-14-15(22-18(21)23-16(14)20)11-6-8-13(9-7-11)25-17(24)12-4-2-1-3-5-12/h1-9H,(H4,20,21,22,23). The minimum atomic E-state index is -0.457. The fraction of sp³-hybridized carbons (Fsp3) is 0. The smallest absolute Gasteiger partial charge is 0.343 e. The molecule has 0 unspecified atom stereocenters. The Balaban J connectivity index is 1.87. The Kier molecular flexibility index (Phi) is 4.26. The average molecular weight is 331 g/mol. The summed E-state index contributed by atoms with van der Waals surface area (Å²) in [5.74, 6) is -0.0941. The van der Waals surface area contributed by atoms with Crippen molar-refractivity contribution in [3.05, 3.63) is 65.7 Å². The van der Waals surface area contributed by atoms with Crippen molar-refractivity contribution in [2.75, 3.05) is 11.5 Å². The van der Waals surface area contributed by atoms with Gasteiger partial charge >= 0.3 is 5.97 Å². The quantitative estimate of drug-likeness (QED) is 0.557. The Labute approximate surface area is 143 Å². The number of hydrogen-bond donors (Lipinski definition) is 2. The second-order valence-electron chi connectivity index (χ2n) is 5.08. The predicted octanol–water partition coefficient (Wildman–Crippen LogP) is 2.40. The van der Waals surface area contributed by atoms with Crippen LogP contribution in [0.2, 0.25) is 0 Å². The van der Waals surface area contributed by atoms with Crippen LogP contribution in [0.15, 0.2) is 54.6 Å². The van der Waals surface area contributed by atoms with E-state index in [0.717, 1.165) is 0 Å². The van der Waals surface area contributed by atoms with Crippen LogP contribution in [-0.4, -0.2) is 15.9 Å². The van der Waals surface area contributed by atoms with Crippen LogP contribution in [0.25, 0.3) is 11.3 Å². The molecule has 25 heavy (non-hydrogen) atoms. The van der Waals surface area contributed by atoms with Crippen LogP contribution >= 0.6 is 0 Å². The van der Waals surface area contributed by atoms with Crippen molar-refractivity contribution in [2.24, 2.45) is 0 Å². The number of nitrogens with zero attached hydrogens (tertiary/aromatic N) is 3. The summed E-state index contributed by atoms with van der Waals surface area (Å²) < 4.78 is 5.31. The first-order valence-corrected chi connectivity index (χ1v) is 7.29. The zero-order valence-corrected chi connectivity index (χ0v) is 13.0. The van der Waals surface area contributed by atoms with E-state index in [9.17, 15) is 10.1 Å². The van der Waals surface area contributed by atoms with Crippen LogP contribution in [0.4, 0.5) is 11.8 Å². The number of rotatable bonds is 3. The molecular formula is C18H13N5O2. The van der Waals surface area contributed by atoms with Crippen LogP contribution in [0.1, 0.15) is 15.9 Å². The molecule has 0 radical (unpaired) electrons. The van der Waals surface area contributed by atoms with Gasteiger partial charge in [0, 0.05) is 5.56 Å². The number of carbonyl (C=O) groups is 1. The molecule has 7 heteroatoms. The highest BCUT2D eigenvalue weighted by Crippen LogP contribution is 2.27. The molecule has 3 aromatic rings. The number of esters is 1. The van der Waals surface area contributed by atoms with Crippen molar-refractivity contribution in [1.29, 1.82) is 5.26 Å². The lowest BCUT2D eigenvalue weighted by Crippen LogP contribution is -2.08. The average Bonchev–Trinajstić information content (AvgIpc) is 2.62. The highest BCUT2D eigenvalue weighted by atomic mass is 16.5. The van der Waals surface area contributed by atoms with Crippen molar-refractivity contribution in [3.63, 3.8) is 0 Å². The molecule has 4 N–H and O–H groups in total. The lowest BCUT2D eigenvalue weighted by Gasteiger charge is -2.08. The normalized spacial score (nSPS) is 10.0. The van der Waals surface area contributed by atoms with E-state index in [2.05, 4.69) is 9.97 Å². The van der Waals surface area contributed by atoms with Gasteiger partial charge in [-0.15, -0.1) is 0 Å². The molecular weight excluding hydrogens is 318 g/mol. The topological polar surface area (TPSA) is 128 Å². The summed E-state index contributed by atoms with van der Waals surface area (Å²) in [5, 5.41) is 9.23. The minimum absolute atomic E-state index is 0.0181. The van der Waals surface area contributed by atoms with E-state index in [0.29, 0.717) is 22.6 Å². The van der Waals surface area contributed by atoms with Crippen molar-refractivity contribution >= 4 is 17.7 Å². The number of carbonyl (C=O) groups excluding carboxylic acids is 1. The molecule has 0 aliphatic heterocycles. The van der Waals surface area contributed by atoms with E-state index in [1.54, 1.807) is 48.5 Å². The van der Waals surface area contributed by atoms with Crippen molar-refractivity contribution in [2.45, 2.75) is 0 Å². The molecule has 3 rings (SSSR count). The van der Waals surface area contributed by atoms with Gasteiger partial charge in [-0.1, -0.05) is 18.2 Å². The van der Waals surface area contributed by atoms with Gasteiger partial charge in [-0.05, 0) is 36.4 Å². The van der Waals surface area contributed by atoms with Crippen molar-refractivity contribution in [1.82, 2.24) is 9.97 Å². The fourth-order valence-corrected chi connectivity index (χ4v) is 2.24. The highest BCUT2D eigenvalue weighted by molar-refractivity contribution is 5.91. The van der Waals surface area contributed by atoms with Gasteiger partial charge in [-0.3, -0.25) is 0 Å². The number of aromatic nitrogens is 2. The SMILES string of the molecule is N#Cc1c(N)nc(N)nc1-c1ccc(OC(=O)c2ccccc2)cc1. The summed E-state index contributed by atoms with van der Waals surface area (Å²) >= 11 is 0. The van der Waals surface area contributed by atoms with Gasteiger partial charge in [0.25, 0.3) is 0 Å². The van der Waals surface area contributed by atoms with Crippen molar-refractivity contribution < 1.29 is 9.53 Å². The van der Waals surface area contributed by atoms with E-state index in [-0.39, 0.29) is 17.3 Å². The van der Waals surface area contributed by atoms with Crippen LogP contribution in [-0.2, 0) is 0 Å². The maximum absolute atomic E-state index is 12.0. The molecule has 0 atom stereocenters. The van der Waals surface area contributed by atoms with E-state index < -0.39 is 5.97 Å².